The molecule has 13 heavy (non-hydrogen) atoms. The normalized spacial score (nSPS) is 9.31. The first-order valence-corrected chi connectivity index (χ1v) is 4.85. The highest BCUT2D eigenvalue weighted by molar-refractivity contribution is 9.10. The molecule has 0 fully saturated rings. The van der Waals surface area contributed by atoms with Gasteiger partial charge in [-0.3, -0.25) is 0 Å². The molecule has 0 unspecified atom stereocenters. The number of rotatable bonds is 3. The van der Waals surface area contributed by atoms with Crippen molar-refractivity contribution < 1.29 is 4.74 Å². The van der Waals surface area contributed by atoms with Crippen LogP contribution in [0.4, 0.5) is 0 Å². The molecule has 0 saturated heterocycles. The highest BCUT2D eigenvalue weighted by Gasteiger charge is 2.00. The molecule has 1 aromatic rings. The maximum absolute atomic E-state index is 8.33. The molecule has 0 bridgehead atoms. The van der Waals surface area contributed by atoms with Crippen LogP contribution < -0.4 is 4.74 Å². The van der Waals surface area contributed by atoms with E-state index in [2.05, 4.69) is 22.9 Å². The molecule has 0 radical (unpaired) electrons. The molecule has 0 heterocycles. The molecule has 3 heteroatoms. The summed E-state index contributed by atoms with van der Waals surface area (Å²) in [5.41, 5.74) is 1.25. The summed E-state index contributed by atoms with van der Waals surface area (Å²) in [5, 5.41) is 8.33. The van der Waals surface area contributed by atoms with Crippen LogP contribution in [-0.4, -0.2) is 6.61 Å². The zero-order chi connectivity index (χ0) is 9.68. The molecule has 0 aliphatic rings. The Morgan fingerprint density at radius 3 is 2.85 bits per heavy atom. The highest BCUT2D eigenvalue weighted by atomic mass is 79.9. The van der Waals surface area contributed by atoms with Gasteiger partial charge < -0.3 is 4.74 Å². The number of halogens is 1. The van der Waals surface area contributed by atoms with Crippen molar-refractivity contribution in [3.8, 4) is 11.8 Å². The molecular formula is C10H10BrNO. The molecular weight excluding hydrogens is 230 g/mol. The monoisotopic (exact) mass is 239 g/mol. The number of nitrogens with zero attached hydrogens (tertiary/aromatic N) is 1. The summed E-state index contributed by atoms with van der Waals surface area (Å²) in [6.07, 6.45) is 0.997. The van der Waals surface area contributed by atoms with E-state index in [0.717, 1.165) is 16.6 Å². The van der Waals surface area contributed by atoms with E-state index in [0.29, 0.717) is 0 Å². The number of hydrogen-bond donors (Lipinski definition) is 0. The van der Waals surface area contributed by atoms with Crippen LogP contribution in [-0.2, 0) is 6.42 Å². The molecule has 0 saturated carbocycles. The van der Waals surface area contributed by atoms with Gasteiger partial charge in [-0.25, -0.2) is 0 Å². The molecule has 0 aliphatic heterocycles. The van der Waals surface area contributed by atoms with Crippen molar-refractivity contribution in [1.82, 2.24) is 0 Å². The molecule has 0 amide bonds. The van der Waals surface area contributed by atoms with Crippen molar-refractivity contribution in [2.45, 2.75) is 13.3 Å². The van der Waals surface area contributed by atoms with Gasteiger partial charge in [0.2, 0.25) is 0 Å². The summed E-state index contributed by atoms with van der Waals surface area (Å²) in [7, 11) is 0. The van der Waals surface area contributed by atoms with Crippen LogP contribution >= 0.6 is 15.9 Å². The van der Waals surface area contributed by atoms with Gasteiger partial charge >= 0.3 is 0 Å². The highest BCUT2D eigenvalue weighted by Crippen LogP contribution is 2.25. The molecule has 0 spiro atoms. The van der Waals surface area contributed by atoms with Crippen LogP contribution in [0.2, 0.25) is 0 Å². The third-order valence-electron chi connectivity index (χ3n) is 1.70. The molecule has 1 rings (SSSR count). The molecule has 1 aromatic carbocycles. The van der Waals surface area contributed by atoms with E-state index in [1.54, 1.807) is 0 Å². The van der Waals surface area contributed by atoms with E-state index < -0.39 is 0 Å². The van der Waals surface area contributed by atoms with Gasteiger partial charge in [0, 0.05) is 0 Å². The van der Waals surface area contributed by atoms with Crippen molar-refractivity contribution in [3.63, 3.8) is 0 Å². The van der Waals surface area contributed by atoms with Crippen LogP contribution in [0.25, 0.3) is 0 Å². The molecule has 68 valence electrons. The lowest BCUT2D eigenvalue weighted by Crippen LogP contribution is -1.94. The average Bonchev–Trinajstić information content (AvgIpc) is 2.16. The van der Waals surface area contributed by atoms with Crippen molar-refractivity contribution >= 4 is 15.9 Å². The molecule has 0 aromatic heterocycles. The summed E-state index contributed by atoms with van der Waals surface area (Å²) in [4.78, 5) is 0. The molecule has 0 N–H and O–H groups in total. The molecule has 0 aliphatic carbocycles. The summed E-state index contributed by atoms with van der Waals surface area (Å²) >= 11 is 3.38. The van der Waals surface area contributed by atoms with E-state index in [4.69, 9.17) is 10.00 Å². The summed E-state index contributed by atoms with van der Waals surface area (Å²) < 4.78 is 6.08. The third kappa shape index (κ3) is 2.74. The lowest BCUT2D eigenvalue weighted by Gasteiger charge is -2.05. The maximum Gasteiger partial charge on any atom is 0.174 e. The maximum atomic E-state index is 8.33. The zero-order valence-electron chi connectivity index (χ0n) is 7.38. The predicted octanol–water partition coefficient (Wildman–Crippen LogP) is 2.91. The predicted molar refractivity (Wildman–Crippen MR) is 54.6 cm³/mol. The minimum absolute atomic E-state index is 0.0874. The van der Waals surface area contributed by atoms with Crippen LogP contribution in [0.5, 0.6) is 5.75 Å². The van der Waals surface area contributed by atoms with E-state index in [-0.39, 0.29) is 6.61 Å². The zero-order valence-corrected chi connectivity index (χ0v) is 8.97. The van der Waals surface area contributed by atoms with Crippen LogP contribution in [0, 0.1) is 11.3 Å². The van der Waals surface area contributed by atoms with Crippen molar-refractivity contribution in [3.05, 3.63) is 28.2 Å². The fourth-order valence-corrected chi connectivity index (χ4v) is 1.53. The van der Waals surface area contributed by atoms with E-state index in [1.165, 1.54) is 5.56 Å². The first-order valence-electron chi connectivity index (χ1n) is 4.06. The lowest BCUT2D eigenvalue weighted by atomic mass is 10.2. The van der Waals surface area contributed by atoms with Crippen LogP contribution in [0.15, 0.2) is 22.7 Å². The Morgan fingerprint density at radius 1 is 1.54 bits per heavy atom. The van der Waals surface area contributed by atoms with Gasteiger partial charge in [0.25, 0.3) is 0 Å². The van der Waals surface area contributed by atoms with Gasteiger partial charge in [-0.1, -0.05) is 13.0 Å². The Kier molecular flexibility index (Phi) is 3.78. The topological polar surface area (TPSA) is 33.0 Å². The average molecular weight is 240 g/mol. The fourth-order valence-electron chi connectivity index (χ4n) is 0.991. The Labute approximate surface area is 86.3 Å². The number of nitriles is 1. The lowest BCUT2D eigenvalue weighted by molar-refractivity contribution is 0.365. The smallest absolute Gasteiger partial charge is 0.174 e. The van der Waals surface area contributed by atoms with Crippen molar-refractivity contribution in [2.75, 3.05) is 6.61 Å². The van der Waals surface area contributed by atoms with Crippen molar-refractivity contribution in [2.24, 2.45) is 0 Å². The van der Waals surface area contributed by atoms with Gasteiger partial charge in [-0.15, -0.1) is 0 Å². The summed E-state index contributed by atoms with van der Waals surface area (Å²) in [5.74, 6) is 0.721. The Balaban J connectivity index is 2.80. The van der Waals surface area contributed by atoms with E-state index >= 15 is 0 Å². The number of ether oxygens (including phenoxy) is 1. The number of benzene rings is 1. The number of aryl methyl sites for hydroxylation is 1. The van der Waals surface area contributed by atoms with Gasteiger partial charge in [0.15, 0.2) is 6.61 Å². The second-order valence-electron chi connectivity index (χ2n) is 2.57. The van der Waals surface area contributed by atoms with Gasteiger partial charge in [0.05, 0.1) is 4.47 Å². The summed E-state index contributed by atoms with van der Waals surface area (Å²) in [6.45, 7) is 2.18. The van der Waals surface area contributed by atoms with Crippen LogP contribution in [0.3, 0.4) is 0 Å². The molecule has 0 atom stereocenters. The fraction of sp³-hybridized carbons (Fsp3) is 0.300. The van der Waals surface area contributed by atoms with Crippen molar-refractivity contribution in [1.29, 1.82) is 5.26 Å². The number of hydrogen-bond acceptors (Lipinski definition) is 2. The minimum atomic E-state index is 0.0874. The van der Waals surface area contributed by atoms with E-state index in [9.17, 15) is 0 Å². The third-order valence-corrected chi connectivity index (χ3v) is 2.32. The first-order chi connectivity index (χ1) is 6.27. The van der Waals surface area contributed by atoms with E-state index in [1.807, 2.05) is 24.3 Å². The minimum Gasteiger partial charge on any atom is -0.478 e. The Morgan fingerprint density at radius 2 is 2.31 bits per heavy atom. The first kappa shape index (κ1) is 10.1. The standard InChI is InChI=1S/C10H10BrNO/c1-2-8-3-4-10(9(11)7-8)13-6-5-12/h3-4,7H,2,6H2,1H3. The van der Waals surface area contributed by atoms with Gasteiger partial charge in [-0.2, -0.15) is 5.26 Å². The van der Waals surface area contributed by atoms with Gasteiger partial charge in [0.1, 0.15) is 11.8 Å². The summed E-state index contributed by atoms with van der Waals surface area (Å²) in [6, 6.07) is 7.81. The quantitative estimate of drug-likeness (QED) is 0.813. The SMILES string of the molecule is CCc1ccc(OCC#N)c(Br)c1. The van der Waals surface area contributed by atoms with Crippen LogP contribution in [0.1, 0.15) is 12.5 Å². The Bertz CT molecular complexity index is 330. The second kappa shape index (κ2) is 4.88. The molecule has 2 nitrogen and oxygen atoms in total. The largest absolute Gasteiger partial charge is 0.478 e. The second-order valence-corrected chi connectivity index (χ2v) is 3.42. The Hall–Kier alpha value is -1.01. The van der Waals surface area contributed by atoms with Gasteiger partial charge in [-0.05, 0) is 40.0 Å².